The van der Waals surface area contributed by atoms with Crippen molar-refractivity contribution in [2.24, 2.45) is 0 Å². The van der Waals surface area contributed by atoms with E-state index >= 15 is 0 Å². The number of nitrogens with one attached hydrogen (secondary N) is 1. The van der Waals surface area contributed by atoms with Crippen LogP contribution in [-0.4, -0.2) is 43.2 Å². The highest BCUT2D eigenvalue weighted by molar-refractivity contribution is 5.97. The lowest BCUT2D eigenvalue weighted by Gasteiger charge is -2.13. The topological polar surface area (TPSA) is 102 Å². The standard InChI is InChI=1S/C13H14FNO6/c1-20-10-4-3-7(5-8(10)14)12(17)15-9(13(18)19)6-11(16)21-2/h3-5,9H,6H2,1-2H3,(H,15,17)(H,18,19)/t9-/m0/s1. The maximum Gasteiger partial charge on any atom is 0.326 e. The number of hydrogen-bond acceptors (Lipinski definition) is 5. The van der Waals surface area contributed by atoms with Gasteiger partial charge in [0, 0.05) is 5.56 Å². The van der Waals surface area contributed by atoms with E-state index in [-0.39, 0.29) is 11.3 Å². The van der Waals surface area contributed by atoms with E-state index in [4.69, 9.17) is 9.84 Å². The fraction of sp³-hybridized carbons (Fsp3) is 0.308. The highest BCUT2D eigenvalue weighted by Gasteiger charge is 2.24. The van der Waals surface area contributed by atoms with Crippen LogP contribution >= 0.6 is 0 Å². The van der Waals surface area contributed by atoms with Crippen LogP contribution in [0, 0.1) is 5.82 Å². The molecule has 1 aromatic carbocycles. The van der Waals surface area contributed by atoms with Gasteiger partial charge in [0.2, 0.25) is 0 Å². The van der Waals surface area contributed by atoms with Crippen LogP contribution in [0.15, 0.2) is 18.2 Å². The van der Waals surface area contributed by atoms with E-state index < -0.39 is 36.1 Å². The zero-order valence-electron chi connectivity index (χ0n) is 11.4. The Morgan fingerprint density at radius 3 is 2.48 bits per heavy atom. The van der Waals surface area contributed by atoms with Gasteiger partial charge >= 0.3 is 11.9 Å². The van der Waals surface area contributed by atoms with Crippen LogP contribution in [0.2, 0.25) is 0 Å². The lowest BCUT2D eigenvalue weighted by atomic mass is 10.1. The molecular weight excluding hydrogens is 285 g/mol. The lowest BCUT2D eigenvalue weighted by molar-refractivity contribution is -0.147. The first kappa shape index (κ1) is 16.4. The molecule has 114 valence electrons. The Bertz CT molecular complexity index is 560. The molecule has 8 heteroatoms. The molecule has 0 aliphatic rings. The zero-order valence-corrected chi connectivity index (χ0v) is 11.4. The Kier molecular flexibility index (Phi) is 5.65. The maximum atomic E-state index is 13.5. The fourth-order valence-corrected chi connectivity index (χ4v) is 1.50. The van der Waals surface area contributed by atoms with Gasteiger partial charge in [-0.3, -0.25) is 9.59 Å². The van der Waals surface area contributed by atoms with Crippen molar-refractivity contribution in [2.45, 2.75) is 12.5 Å². The van der Waals surface area contributed by atoms with Crippen molar-refractivity contribution >= 4 is 17.8 Å². The van der Waals surface area contributed by atoms with Crippen LogP contribution < -0.4 is 10.1 Å². The zero-order chi connectivity index (χ0) is 16.0. The molecule has 21 heavy (non-hydrogen) atoms. The Hall–Kier alpha value is -2.64. The van der Waals surface area contributed by atoms with Crippen LogP contribution in [0.4, 0.5) is 4.39 Å². The molecule has 0 bridgehead atoms. The van der Waals surface area contributed by atoms with E-state index in [0.717, 1.165) is 13.2 Å². The summed E-state index contributed by atoms with van der Waals surface area (Å²) in [5.41, 5.74) is -0.0931. The smallest absolute Gasteiger partial charge is 0.326 e. The van der Waals surface area contributed by atoms with Crippen LogP contribution in [0.5, 0.6) is 5.75 Å². The second-order valence-electron chi connectivity index (χ2n) is 3.99. The Balaban J connectivity index is 2.84. The third-order valence-electron chi connectivity index (χ3n) is 2.62. The maximum absolute atomic E-state index is 13.5. The number of carbonyl (C=O) groups excluding carboxylic acids is 2. The molecule has 0 heterocycles. The van der Waals surface area contributed by atoms with Crippen molar-refractivity contribution < 1.29 is 33.4 Å². The summed E-state index contributed by atoms with van der Waals surface area (Å²) < 4.78 is 22.5. The van der Waals surface area contributed by atoms with Gasteiger partial charge in [0.15, 0.2) is 11.6 Å². The van der Waals surface area contributed by atoms with E-state index in [1.165, 1.54) is 19.2 Å². The van der Waals surface area contributed by atoms with E-state index in [1.54, 1.807) is 0 Å². The minimum absolute atomic E-state index is 0.0455. The molecule has 0 unspecified atom stereocenters. The molecule has 2 N–H and O–H groups in total. The Labute approximate surface area is 119 Å². The normalized spacial score (nSPS) is 11.4. The summed E-state index contributed by atoms with van der Waals surface area (Å²) in [6, 6.07) is 1.95. The summed E-state index contributed by atoms with van der Waals surface area (Å²) in [7, 11) is 2.37. The number of rotatable bonds is 6. The second-order valence-corrected chi connectivity index (χ2v) is 3.99. The molecule has 1 atom stereocenters. The van der Waals surface area contributed by atoms with Gasteiger partial charge in [-0.25, -0.2) is 9.18 Å². The van der Waals surface area contributed by atoms with Gasteiger partial charge in [-0.05, 0) is 18.2 Å². The van der Waals surface area contributed by atoms with Crippen molar-refractivity contribution in [3.63, 3.8) is 0 Å². The van der Waals surface area contributed by atoms with Crippen molar-refractivity contribution in [3.05, 3.63) is 29.6 Å². The van der Waals surface area contributed by atoms with Crippen LogP contribution in [-0.2, 0) is 14.3 Å². The van der Waals surface area contributed by atoms with Gasteiger partial charge in [-0.1, -0.05) is 0 Å². The predicted octanol–water partition coefficient (Wildman–Crippen LogP) is 0.580. The molecule has 0 saturated carbocycles. The highest BCUT2D eigenvalue weighted by atomic mass is 19.1. The van der Waals surface area contributed by atoms with Gasteiger partial charge in [0.05, 0.1) is 20.6 Å². The minimum atomic E-state index is -1.46. The molecule has 1 amide bonds. The molecule has 7 nitrogen and oxygen atoms in total. The molecule has 0 saturated heterocycles. The van der Waals surface area contributed by atoms with E-state index in [2.05, 4.69) is 10.1 Å². The van der Waals surface area contributed by atoms with Gasteiger partial charge in [-0.2, -0.15) is 0 Å². The number of ether oxygens (including phenoxy) is 2. The Morgan fingerprint density at radius 2 is 2.00 bits per heavy atom. The summed E-state index contributed by atoms with van der Waals surface area (Å²) in [4.78, 5) is 33.9. The SMILES string of the molecule is COC(=O)C[C@H](NC(=O)c1ccc(OC)c(F)c1)C(=O)O. The van der Waals surface area contributed by atoms with Crippen LogP contribution in [0.3, 0.4) is 0 Å². The van der Waals surface area contributed by atoms with Gasteiger partial charge in [-0.15, -0.1) is 0 Å². The summed E-state index contributed by atoms with van der Waals surface area (Å²) in [5.74, 6) is -3.82. The average molecular weight is 299 g/mol. The first-order valence-electron chi connectivity index (χ1n) is 5.83. The van der Waals surface area contributed by atoms with Gasteiger partial charge < -0.3 is 19.9 Å². The quantitative estimate of drug-likeness (QED) is 0.745. The molecule has 0 aromatic heterocycles. The molecule has 0 fully saturated rings. The summed E-state index contributed by atoms with van der Waals surface area (Å²) in [5, 5.41) is 11.0. The predicted molar refractivity (Wildman–Crippen MR) is 68.5 cm³/mol. The minimum Gasteiger partial charge on any atom is -0.494 e. The second kappa shape index (κ2) is 7.22. The molecule has 0 radical (unpaired) electrons. The number of aliphatic carboxylic acids is 1. The highest BCUT2D eigenvalue weighted by Crippen LogP contribution is 2.17. The van der Waals surface area contributed by atoms with Gasteiger partial charge in [0.25, 0.3) is 5.91 Å². The summed E-state index contributed by atoms with van der Waals surface area (Å²) in [6.45, 7) is 0. The van der Waals surface area contributed by atoms with Crippen molar-refractivity contribution in [3.8, 4) is 5.75 Å². The largest absolute Gasteiger partial charge is 0.494 e. The molecular formula is C13H14FNO6. The number of benzene rings is 1. The molecule has 0 spiro atoms. The fourth-order valence-electron chi connectivity index (χ4n) is 1.50. The van der Waals surface area contributed by atoms with E-state index in [9.17, 15) is 18.8 Å². The summed E-state index contributed by atoms with van der Waals surface area (Å²) >= 11 is 0. The Morgan fingerprint density at radius 1 is 1.33 bits per heavy atom. The summed E-state index contributed by atoms with van der Waals surface area (Å²) in [6.07, 6.45) is -0.532. The number of carboxylic acid groups (broad SMARTS) is 1. The number of carboxylic acids is 1. The number of hydrogen-bond donors (Lipinski definition) is 2. The third kappa shape index (κ3) is 4.44. The number of methoxy groups -OCH3 is 2. The van der Waals surface area contributed by atoms with Crippen molar-refractivity contribution in [1.82, 2.24) is 5.32 Å². The molecule has 1 rings (SSSR count). The molecule has 1 aromatic rings. The monoisotopic (exact) mass is 299 g/mol. The first-order chi connectivity index (χ1) is 9.88. The number of halogens is 1. The van der Waals surface area contributed by atoms with Crippen LogP contribution in [0.1, 0.15) is 16.8 Å². The average Bonchev–Trinajstić information content (AvgIpc) is 2.45. The lowest BCUT2D eigenvalue weighted by Crippen LogP contribution is -2.42. The first-order valence-corrected chi connectivity index (χ1v) is 5.83. The van der Waals surface area contributed by atoms with Crippen molar-refractivity contribution in [1.29, 1.82) is 0 Å². The van der Waals surface area contributed by atoms with E-state index in [1.807, 2.05) is 0 Å². The van der Waals surface area contributed by atoms with Crippen molar-refractivity contribution in [2.75, 3.05) is 14.2 Å². The number of esters is 1. The molecule has 0 aliphatic heterocycles. The molecule has 0 aliphatic carbocycles. The van der Waals surface area contributed by atoms with Gasteiger partial charge in [0.1, 0.15) is 6.04 Å². The number of carbonyl (C=O) groups is 3. The van der Waals surface area contributed by atoms with Crippen LogP contribution in [0.25, 0.3) is 0 Å². The van der Waals surface area contributed by atoms with E-state index in [0.29, 0.717) is 0 Å². The number of amides is 1. The third-order valence-corrected chi connectivity index (χ3v) is 2.62.